The lowest BCUT2D eigenvalue weighted by molar-refractivity contribution is -0.133. The molecule has 0 aromatic heterocycles. The molecule has 1 saturated heterocycles. The van der Waals surface area contributed by atoms with Crippen LogP contribution in [-0.4, -0.2) is 43.1 Å². The van der Waals surface area contributed by atoms with Crippen LogP contribution in [0.15, 0.2) is 48.5 Å². The molecule has 3 rings (SSSR count). The normalized spacial score (nSPS) is 19.5. The van der Waals surface area contributed by atoms with Gasteiger partial charge in [0.2, 0.25) is 5.91 Å². The van der Waals surface area contributed by atoms with Crippen LogP contribution in [0.25, 0.3) is 0 Å². The number of amides is 1. The smallest absolute Gasteiger partial charge is 0.219 e. The van der Waals surface area contributed by atoms with Crippen molar-refractivity contribution >= 4 is 5.91 Å². The number of likely N-dealkylation sites (tertiary alicyclic amines) is 1. The summed E-state index contributed by atoms with van der Waals surface area (Å²) in [4.78, 5) is 14.3. The lowest BCUT2D eigenvalue weighted by Gasteiger charge is -2.41. The quantitative estimate of drug-likeness (QED) is 0.795. The van der Waals surface area contributed by atoms with Crippen LogP contribution in [0.4, 0.5) is 0 Å². The molecule has 1 N–H and O–H groups in total. The number of hydrogen-bond acceptors (Lipinski definition) is 3. The first-order valence-electron chi connectivity index (χ1n) is 10.3. The molecule has 0 unspecified atom stereocenters. The predicted octanol–water partition coefficient (Wildman–Crippen LogP) is 3.76. The van der Waals surface area contributed by atoms with Gasteiger partial charge in [-0.05, 0) is 62.4 Å². The van der Waals surface area contributed by atoms with Gasteiger partial charge in [0.1, 0.15) is 5.75 Å². The molecular weight excluding hydrogens is 348 g/mol. The van der Waals surface area contributed by atoms with Gasteiger partial charge in [0.25, 0.3) is 0 Å². The molecule has 0 saturated carbocycles. The van der Waals surface area contributed by atoms with E-state index in [-0.39, 0.29) is 11.9 Å². The third-order valence-electron chi connectivity index (χ3n) is 5.67. The number of carbonyl (C=O) groups excluding carboxylic acids is 1. The van der Waals surface area contributed by atoms with E-state index in [1.165, 1.54) is 16.7 Å². The third kappa shape index (κ3) is 5.35. The fraction of sp³-hybridized carbons (Fsp3) is 0.458. The second-order valence-electron chi connectivity index (χ2n) is 7.78. The largest absolute Gasteiger partial charge is 0.497 e. The first kappa shape index (κ1) is 20.4. The maximum absolute atomic E-state index is 12.3. The number of nitrogens with zero attached hydrogens (tertiary/aromatic N) is 1. The Labute approximate surface area is 168 Å². The molecule has 1 fully saturated rings. The second-order valence-corrected chi connectivity index (χ2v) is 7.78. The Hall–Kier alpha value is -2.33. The summed E-state index contributed by atoms with van der Waals surface area (Å²) in [7, 11) is 1.70. The van der Waals surface area contributed by atoms with Crippen molar-refractivity contribution in [2.45, 2.75) is 51.6 Å². The van der Waals surface area contributed by atoms with E-state index < -0.39 is 0 Å². The molecule has 4 heteroatoms. The van der Waals surface area contributed by atoms with Crippen molar-refractivity contribution < 1.29 is 9.53 Å². The Bertz CT molecular complexity index is 790. The van der Waals surface area contributed by atoms with Gasteiger partial charge in [0.15, 0.2) is 0 Å². The van der Waals surface area contributed by atoms with E-state index in [9.17, 15) is 4.79 Å². The number of nitrogens with one attached hydrogen (secondary N) is 1. The Balaban J connectivity index is 1.66. The van der Waals surface area contributed by atoms with Crippen LogP contribution in [0.2, 0.25) is 0 Å². The zero-order valence-corrected chi connectivity index (χ0v) is 17.3. The lowest BCUT2D eigenvalue weighted by Crippen LogP contribution is -2.56. The molecule has 1 aliphatic heterocycles. The van der Waals surface area contributed by atoms with Crippen LogP contribution in [0.5, 0.6) is 5.75 Å². The number of aryl methyl sites for hydroxylation is 1. The van der Waals surface area contributed by atoms with Crippen LogP contribution < -0.4 is 10.1 Å². The molecule has 0 bridgehead atoms. The van der Waals surface area contributed by atoms with E-state index in [4.69, 9.17) is 4.74 Å². The summed E-state index contributed by atoms with van der Waals surface area (Å²) in [6, 6.07) is 17.4. The number of benzene rings is 2. The molecule has 0 radical (unpaired) electrons. The van der Waals surface area contributed by atoms with Crippen molar-refractivity contribution in [3.63, 3.8) is 0 Å². The summed E-state index contributed by atoms with van der Waals surface area (Å²) >= 11 is 0. The molecule has 0 aliphatic carbocycles. The summed E-state index contributed by atoms with van der Waals surface area (Å²) in [6.45, 7) is 5.58. The molecule has 4 nitrogen and oxygen atoms in total. The Morgan fingerprint density at radius 2 is 1.96 bits per heavy atom. The molecular formula is C24H32N2O2. The van der Waals surface area contributed by atoms with E-state index >= 15 is 0 Å². The molecule has 2 aromatic carbocycles. The van der Waals surface area contributed by atoms with Crippen LogP contribution >= 0.6 is 0 Å². The van der Waals surface area contributed by atoms with Crippen LogP contribution in [0.1, 0.15) is 36.5 Å². The Morgan fingerprint density at radius 1 is 1.18 bits per heavy atom. The fourth-order valence-electron chi connectivity index (χ4n) is 4.25. The van der Waals surface area contributed by atoms with Crippen molar-refractivity contribution in [2.24, 2.45) is 0 Å². The maximum atomic E-state index is 12.3. The Kier molecular flexibility index (Phi) is 7.10. The molecule has 2 atom stereocenters. The zero-order valence-electron chi connectivity index (χ0n) is 17.3. The second kappa shape index (κ2) is 9.74. The minimum absolute atomic E-state index is 0.178. The average Bonchev–Trinajstić information content (AvgIpc) is 2.69. The third-order valence-corrected chi connectivity index (χ3v) is 5.67. The van der Waals surface area contributed by atoms with Gasteiger partial charge in [-0.1, -0.05) is 42.0 Å². The molecule has 2 aromatic rings. The van der Waals surface area contributed by atoms with E-state index in [2.05, 4.69) is 53.5 Å². The van der Waals surface area contributed by atoms with Gasteiger partial charge >= 0.3 is 0 Å². The van der Waals surface area contributed by atoms with Gasteiger partial charge in [-0.2, -0.15) is 0 Å². The molecule has 28 heavy (non-hydrogen) atoms. The van der Waals surface area contributed by atoms with E-state index in [0.29, 0.717) is 6.04 Å². The number of ether oxygens (including phenoxy) is 1. The summed E-state index contributed by atoms with van der Waals surface area (Å²) in [5, 5.41) is 3.74. The maximum Gasteiger partial charge on any atom is 0.219 e. The Morgan fingerprint density at radius 3 is 2.71 bits per heavy atom. The zero-order chi connectivity index (χ0) is 19.9. The lowest BCUT2D eigenvalue weighted by atomic mass is 9.90. The number of methoxy groups -OCH3 is 1. The van der Waals surface area contributed by atoms with Gasteiger partial charge < -0.3 is 15.0 Å². The van der Waals surface area contributed by atoms with Crippen LogP contribution in [-0.2, 0) is 17.6 Å². The van der Waals surface area contributed by atoms with E-state index in [1.54, 1.807) is 14.0 Å². The summed E-state index contributed by atoms with van der Waals surface area (Å²) in [6.07, 6.45) is 4.02. The van der Waals surface area contributed by atoms with Crippen LogP contribution in [0, 0.1) is 6.92 Å². The minimum Gasteiger partial charge on any atom is -0.497 e. The molecule has 1 heterocycles. The van der Waals surface area contributed by atoms with Gasteiger partial charge in [0.05, 0.1) is 13.2 Å². The highest BCUT2D eigenvalue weighted by molar-refractivity contribution is 5.73. The van der Waals surface area contributed by atoms with E-state index in [1.807, 2.05) is 12.1 Å². The number of hydrogen-bond donors (Lipinski definition) is 1. The summed E-state index contributed by atoms with van der Waals surface area (Å²) < 4.78 is 5.32. The first-order valence-corrected chi connectivity index (χ1v) is 10.3. The average molecular weight is 381 g/mol. The number of piperidine rings is 1. The summed E-state index contributed by atoms with van der Waals surface area (Å²) in [5.74, 6) is 1.08. The van der Waals surface area contributed by atoms with Crippen molar-refractivity contribution in [3.05, 3.63) is 65.2 Å². The monoisotopic (exact) mass is 380 g/mol. The fourth-order valence-corrected chi connectivity index (χ4v) is 4.25. The summed E-state index contributed by atoms with van der Waals surface area (Å²) in [5.41, 5.74) is 3.84. The number of rotatable bonds is 7. The molecule has 1 aliphatic rings. The van der Waals surface area contributed by atoms with Gasteiger partial charge in [-0.15, -0.1) is 0 Å². The highest BCUT2D eigenvalue weighted by Gasteiger charge is 2.32. The van der Waals surface area contributed by atoms with Crippen LogP contribution in [0.3, 0.4) is 0 Å². The molecule has 0 spiro atoms. The highest BCUT2D eigenvalue weighted by Crippen LogP contribution is 2.22. The highest BCUT2D eigenvalue weighted by atomic mass is 16.5. The van der Waals surface area contributed by atoms with Crippen molar-refractivity contribution in [2.75, 3.05) is 20.2 Å². The predicted molar refractivity (Wildman–Crippen MR) is 114 cm³/mol. The van der Waals surface area contributed by atoms with Gasteiger partial charge in [-0.25, -0.2) is 0 Å². The van der Waals surface area contributed by atoms with Crippen molar-refractivity contribution in [3.8, 4) is 5.75 Å². The number of carbonyl (C=O) groups is 1. The molecule has 150 valence electrons. The SMILES string of the molecule is COc1cccc(CCN[C@H]2CCCN(C(C)=O)[C@H]2Cc2cccc(C)c2)c1. The minimum atomic E-state index is 0.178. The topological polar surface area (TPSA) is 41.6 Å². The molecule has 1 amide bonds. The standard InChI is InChI=1S/C24H32N2O2/c1-18-7-4-9-21(15-18)17-24-23(11-6-14-26(24)19(2)27)25-13-12-20-8-5-10-22(16-20)28-3/h4-5,7-10,15-16,23-25H,6,11-14,17H2,1-3H3/t23-,24-/m0/s1. The van der Waals surface area contributed by atoms with Gasteiger partial charge in [0, 0.05) is 19.5 Å². The van der Waals surface area contributed by atoms with Gasteiger partial charge in [-0.3, -0.25) is 4.79 Å². The van der Waals surface area contributed by atoms with Crippen molar-refractivity contribution in [1.82, 2.24) is 10.2 Å². The van der Waals surface area contributed by atoms with E-state index in [0.717, 1.165) is 44.5 Å². The van der Waals surface area contributed by atoms with Crippen molar-refractivity contribution in [1.29, 1.82) is 0 Å². The first-order chi connectivity index (χ1) is 13.6.